The Labute approximate surface area is 158 Å². The number of ether oxygens (including phenoxy) is 1. The summed E-state index contributed by atoms with van der Waals surface area (Å²) in [6, 6.07) is 9.56. The zero-order valence-corrected chi connectivity index (χ0v) is 15.1. The van der Waals surface area contributed by atoms with Crippen LogP contribution in [-0.4, -0.2) is 25.1 Å². The molecule has 0 aliphatic rings. The van der Waals surface area contributed by atoms with Gasteiger partial charge in [-0.3, -0.25) is 9.59 Å². The molecule has 6 nitrogen and oxygen atoms in total. The lowest BCUT2D eigenvalue weighted by molar-refractivity contribution is -0.136. The van der Waals surface area contributed by atoms with Crippen molar-refractivity contribution in [2.75, 3.05) is 12.4 Å². The second kappa shape index (κ2) is 8.71. The summed E-state index contributed by atoms with van der Waals surface area (Å²) in [7, 11) is 1.43. The van der Waals surface area contributed by atoms with Crippen molar-refractivity contribution in [3.63, 3.8) is 0 Å². The number of carbonyl (C=O) groups excluding carboxylic acids is 2. The van der Waals surface area contributed by atoms with E-state index >= 15 is 0 Å². The van der Waals surface area contributed by atoms with Crippen LogP contribution < -0.4 is 15.5 Å². The molecule has 0 aliphatic heterocycles. The highest BCUT2D eigenvalue weighted by Gasteiger charge is 2.15. The van der Waals surface area contributed by atoms with Crippen molar-refractivity contribution in [3.8, 4) is 5.75 Å². The Bertz CT molecular complexity index is 841. The molecule has 2 rings (SSSR count). The van der Waals surface area contributed by atoms with E-state index in [0.717, 1.165) is 0 Å². The lowest BCUT2D eigenvalue weighted by Crippen LogP contribution is -2.32. The van der Waals surface area contributed by atoms with Crippen molar-refractivity contribution in [2.45, 2.75) is 0 Å². The first-order chi connectivity index (χ1) is 11.9. The fourth-order valence-electron chi connectivity index (χ4n) is 1.79. The van der Waals surface area contributed by atoms with Crippen LogP contribution in [0.1, 0.15) is 5.56 Å². The topological polar surface area (TPSA) is 79.8 Å². The normalized spacial score (nSPS) is 10.6. The first-order valence-electron chi connectivity index (χ1n) is 6.84. The van der Waals surface area contributed by atoms with Gasteiger partial charge in [0.15, 0.2) is 0 Å². The summed E-state index contributed by atoms with van der Waals surface area (Å²) in [6.07, 6.45) is 1.28. The Kier molecular flexibility index (Phi) is 6.64. The summed E-state index contributed by atoms with van der Waals surface area (Å²) in [4.78, 5) is 23.7. The van der Waals surface area contributed by atoms with Crippen LogP contribution in [0.3, 0.4) is 0 Å². The summed E-state index contributed by atoms with van der Waals surface area (Å²) in [5, 5.41) is 7.09. The minimum Gasteiger partial charge on any atom is -0.495 e. The summed E-state index contributed by atoms with van der Waals surface area (Å²) >= 11 is 17.7. The molecule has 2 aromatic carbocycles. The standard InChI is InChI=1S/C16H12Cl3N3O3/c1-25-13-6-5-10(17)7-12(13)21-15(23)16(24)22-20-8-9-3-2-4-11(18)14(9)19/h2-8H,1H3,(H,21,23)(H,22,24)/b20-8-. The van der Waals surface area contributed by atoms with Gasteiger partial charge in [0.25, 0.3) is 0 Å². The highest BCUT2D eigenvalue weighted by Crippen LogP contribution is 2.27. The summed E-state index contributed by atoms with van der Waals surface area (Å²) < 4.78 is 5.08. The molecule has 9 heteroatoms. The number of hydrazone groups is 1. The van der Waals surface area contributed by atoms with Crippen molar-refractivity contribution < 1.29 is 14.3 Å². The van der Waals surface area contributed by atoms with Gasteiger partial charge in [0.05, 0.1) is 29.1 Å². The number of nitrogens with one attached hydrogen (secondary N) is 2. The second-order valence-corrected chi connectivity index (χ2v) is 5.86. The number of benzene rings is 2. The zero-order chi connectivity index (χ0) is 18.4. The third kappa shape index (κ3) is 5.09. The van der Waals surface area contributed by atoms with Crippen LogP contribution in [-0.2, 0) is 9.59 Å². The molecule has 0 saturated carbocycles. The van der Waals surface area contributed by atoms with Gasteiger partial charge in [-0.05, 0) is 24.3 Å². The summed E-state index contributed by atoms with van der Waals surface area (Å²) in [6.45, 7) is 0. The van der Waals surface area contributed by atoms with Crippen molar-refractivity contribution in [2.24, 2.45) is 5.10 Å². The lowest BCUT2D eigenvalue weighted by atomic mass is 10.2. The quantitative estimate of drug-likeness (QED) is 0.466. The van der Waals surface area contributed by atoms with E-state index in [4.69, 9.17) is 39.5 Å². The molecule has 2 N–H and O–H groups in total. The molecule has 0 aromatic heterocycles. The Morgan fingerprint density at radius 3 is 2.60 bits per heavy atom. The number of anilines is 1. The molecule has 0 atom stereocenters. The van der Waals surface area contributed by atoms with Crippen molar-refractivity contribution >= 4 is 58.5 Å². The zero-order valence-electron chi connectivity index (χ0n) is 12.8. The molecule has 0 spiro atoms. The number of hydrogen-bond acceptors (Lipinski definition) is 4. The molecular weight excluding hydrogens is 389 g/mol. The van der Waals surface area contributed by atoms with Crippen LogP contribution in [0.4, 0.5) is 5.69 Å². The van der Waals surface area contributed by atoms with Crippen molar-refractivity contribution in [1.82, 2.24) is 5.43 Å². The van der Waals surface area contributed by atoms with Crippen molar-refractivity contribution in [1.29, 1.82) is 0 Å². The first-order valence-corrected chi connectivity index (χ1v) is 7.97. The third-order valence-electron chi connectivity index (χ3n) is 2.97. The van der Waals surface area contributed by atoms with E-state index in [1.165, 1.54) is 19.4 Å². The molecule has 0 bridgehead atoms. The first kappa shape index (κ1) is 19.1. The lowest BCUT2D eigenvalue weighted by Gasteiger charge is -2.09. The fraction of sp³-hybridized carbons (Fsp3) is 0.0625. The van der Waals surface area contributed by atoms with Crippen LogP contribution in [0.5, 0.6) is 5.75 Å². The maximum absolute atomic E-state index is 11.9. The highest BCUT2D eigenvalue weighted by molar-refractivity contribution is 6.43. The van der Waals surface area contributed by atoms with Crippen LogP contribution in [0.2, 0.25) is 15.1 Å². The van der Waals surface area contributed by atoms with E-state index in [-0.39, 0.29) is 10.7 Å². The predicted molar refractivity (Wildman–Crippen MR) is 98.8 cm³/mol. The molecule has 0 aliphatic carbocycles. The maximum Gasteiger partial charge on any atom is 0.329 e. The summed E-state index contributed by atoms with van der Waals surface area (Å²) in [5.41, 5.74) is 2.85. The average molecular weight is 401 g/mol. The van der Waals surface area contributed by atoms with Gasteiger partial charge in [-0.2, -0.15) is 5.10 Å². The Morgan fingerprint density at radius 1 is 1.12 bits per heavy atom. The van der Waals surface area contributed by atoms with Gasteiger partial charge in [0.2, 0.25) is 0 Å². The van der Waals surface area contributed by atoms with Crippen LogP contribution in [0, 0.1) is 0 Å². The molecule has 0 fully saturated rings. The van der Waals surface area contributed by atoms with Gasteiger partial charge in [-0.25, -0.2) is 5.43 Å². The number of rotatable bonds is 4. The molecule has 0 unspecified atom stereocenters. The van der Waals surface area contributed by atoms with E-state index < -0.39 is 11.8 Å². The van der Waals surface area contributed by atoms with Gasteiger partial charge in [0.1, 0.15) is 5.75 Å². The fourth-order valence-corrected chi connectivity index (χ4v) is 2.32. The molecule has 0 heterocycles. The van der Waals surface area contributed by atoms with Crippen LogP contribution in [0.15, 0.2) is 41.5 Å². The van der Waals surface area contributed by atoms with Gasteiger partial charge in [-0.15, -0.1) is 0 Å². The van der Waals surface area contributed by atoms with E-state index in [0.29, 0.717) is 21.4 Å². The Balaban J connectivity index is 2.01. The number of halogens is 3. The number of methoxy groups -OCH3 is 1. The van der Waals surface area contributed by atoms with Gasteiger partial charge < -0.3 is 10.1 Å². The monoisotopic (exact) mass is 399 g/mol. The Morgan fingerprint density at radius 2 is 1.88 bits per heavy atom. The number of hydrogen-bond donors (Lipinski definition) is 2. The molecule has 130 valence electrons. The number of carbonyl (C=O) groups is 2. The number of nitrogens with zero attached hydrogens (tertiary/aromatic N) is 1. The van der Waals surface area contributed by atoms with Gasteiger partial charge >= 0.3 is 11.8 Å². The molecule has 0 radical (unpaired) electrons. The van der Waals surface area contributed by atoms with Gasteiger partial charge in [0, 0.05) is 10.6 Å². The van der Waals surface area contributed by atoms with E-state index in [9.17, 15) is 9.59 Å². The highest BCUT2D eigenvalue weighted by atomic mass is 35.5. The molecule has 2 aromatic rings. The van der Waals surface area contributed by atoms with E-state index in [2.05, 4.69) is 15.8 Å². The van der Waals surface area contributed by atoms with Crippen LogP contribution >= 0.6 is 34.8 Å². The van der Waals surface area contributed by atoms with Crippen molar-refractivity contribution in [3.05, 3.63) is 57.0 Å². The molecule has 0 saturated heterocycles. The third-order valence-corrected chi connectivity index (χ3v) is 4.04. The van der Waals surface area contributed by atoms with Crippen LogP contribution in [0.25, 0.3) is 0 Å². The Hall–Kier alpha value is -2.28. The van der Waals surface area contributed by atoms with E-state index in [1.54, 1.807) is 30.3 Å². The molecule has 25 heavy (non-hydrogen) atoms. The largest absolute Gasteiger partial charge is 0.495 e. The van der Waals surface area contributed by atoms with E-state index in [1.807, 2.05) is 0 Å². The van der Waals surface area contributed by atoms with Gasteiger partial charge in [-0.1, -0.05) is 46.9 Å². The number of amides is 2. The maximum atomic E-state index is 11.9. The molecular formula is C16H12Cl3N3O3. The smallest absolute Gasteiger partial charge is 0.329 e. The SMILES string of the molecule is COc1ccc(Cl)cc1NC(=O)C(=O)N/N=C\c1cccc(Cl)c1Cl. The molecule has 2 amide bonds. The minimum absolute atomic E-state index is 0.261. The average Bonchev–Trinajstić information content (AvgIpc) is 2.58. The predicted octanol–water partition coefficient (Wildman–Crippen LogP) is 3.74. The summed E-state index contributed by atoms with van der Waals surface area (Å²) in [5.74, 6) is -1.55. The second-order valence-electron chi connectivity index (χ2n) is 4.64. The minimum atomic E-state index is -0.976.